The van der Waals surface area contributed by atoms with Crippen molar-refractivity contribution in [1.29, 1.82) is 5.26 Å². The van der Waals surface area contributed by atoms with Gasteiger partial charge in [0, 0.05) is 31.8 Å². The third kappa shape index (κ3) is 27.6. The van der Waals surface area contributed by atoms with Gasteiger partial charge in [-0.1, -0.05) is 90.3 Å². The van der Waals surface area contributed by atoms with Gasteiger partial charge in [0.2, 0.25) is 0 Å². The second kappa shape index (κ2) is 29.6. The highest BCUT2D eigenvalue weighted by atomic mass is 19.4. The number of allylic oxidation sites excluding steroid dienone is 4. The van der Waals surface area contributed by atoms with Crippen LogP contribution in [0.25, 0.3) is 0 Å². The fourth-order valence-electron chi connectivity index (χ4n) is 4.50. The first kappa shape index (κ1) is 48.9. The fourth-order valence-corrected chi connectivity index (χ4v) is 4.50. The smallest absolute Gasteiger partial charge is 0.383 e. The van der Waals surface area contributed by atoms with E-state index in [1.165, 1.54) is 57.7 Å². The summed E-state index contributed by atoms with van der Waals surface area (Å²) in [7, 11) is 0. The van der Waals surface area contributed by atoms with Crippen molar-refractivity contribution in [3.8, 4) is 18.4 Å². The van der Waals surface area contributed by atoms with E-state index in [4.69, 9.17) is 5.26 Å². The molecule has 0 aliphatic heterocycles. The molecule has 5 nitrogen and oxygen atoms in total. The summed E-state index contributed by atoms with van der Waals surface area (Å²) in [6.45, 7) is 27.4. The molecule has 272 valence electrons. The number of nitrogens with one attached hydrogen (secondary N) is 2. The molecule has 0 aromatic heterocycles. The average molecular weight is 675 g/mol. The number of carbonyl (C=O) groups excluding carboxylic acids is 1. The Hall–Kier alpha value is -3.49. The van der Waals surface area contributed by atoms with E-state index in [1.54, 1.807) is 13.8 Å². The van der Waals surface area contributed by atoms with Crippen LogP contribution in [0.3, 0.4) is 0 Å². The topological polar surface area (TPSA) is 68.2 Å². The van der Waals surface area contributed by atoms with Gasteiger partial charge in [-0.05, 0) is 83.5 Å². The zero-order chi connectivity index (χ0) is 37.7. The van der Waals surface area contributed by atoms with Crippen molar-refractivity contribution in [3.63, 3.8) is 0 Å². The van der Waals surface area contributed by atoms with Crippen molar-refractivity contribution in [1.82, 2.24) is 15.5 Å². The van der Waals surface area contributed by atoms with E-state index < -0.39 is 18.5 Å². The molecule has 0 heterocycles. The number of halogens is 3. The Morgan fingerprint density at radius 2 is 1.52 bits per heavy atom. The van der Waals surface area contributed by atoms with Crippen LogP contribution in [0.2, 0.25) is 0 Å². The molecule has 2 N–H and O–H groups in total. The van der Waals surface area contributed by atoms with Gasteiger partial charge < -0.3 is 15.5 Å². The number of rotatable bonds is 17. The molecule has 1 rings (SSSR count). The summed E-state index contributed by atoms with van der Waals surface area (Å²) in [5.74, 6) is 2.60. The maximum absolute atomic E-state index is 12.2. The second-order valence-electron chi connectivity index (χ2n) is 12.1. The maximum Gasteiger partial charge on any atom is 0.405 e. The minimum absolute atomic E-state index is 0.0521. The summed E-state index contributed by atoms with van der Waals surface area (Å²) in [6.07, 6.45) is 9.81. The van der Waals surface area contributed by atoms with E-state index in [9.17, 15) is 18.0 Å². The monoisotopic (exact) mass is 675 g/mol. The van der Waals surface area contributed by atoms with Crippen molar-refractivity contribution in [2.75, 3.05) is 26.2 Å². The highest BCUT2D eigenvalue weighted by Crippen LogP contribution is 2.16. The molecule has 0 aliphatic carbocycles. The van der Waals surface area contributed by atoms with Crippen LogP contribution >= 0.6 is 0 Å². The Morgan fingerprint density at radius 1 is 1.00 bits per heavy atom. The lowest BCUT2D eigenvalue weighted by atomic mass is 10.0. The Balaban J connectivity index is -0.000000635. The molecule has 1 aromatic carbocycles. The SMILES string of the molecule is C#CC.C=C(C)/C(C)=C\CN/C(C)=C(\NCC(F)(F)F)C(C)=O.CCCC(CCC)N(CCC)CC(C)C.CCc1ccc(C#N)cc1. The molecule has 0 aliphatic rings. The number of nitriles is 1. The third-order valence-corrected chi connectivity index (χ3v) is 7.00. The fraction of sp³-hybridized carbons (Fsp3) is 0.600. The molecular weight excluding hydrogens is 609 g/mol. The molecule has 0 unspecified atom stereocenters. The number of alkyl halides is 3. The van der Waals surface area contributed by atoms with E-state index >= 15 is 0 Å². The van der Waals surface area contributed by atoms with Crippen molar-refractivity contribution in [2.45, 2.75) is 127 Å². The Kier molecular flexibility index (Phi) is 30.2. The molecule has 0 fully saturated rings. The molecule has 1 aromatic rings. The highest BCUT2D eigenvalue weighted by molar-refractivity contribution is 5.93. The first-order valence-electron chi connectivity index (χ1n) is 17.2. The minimum Gasteiger partial charge on any atom is -0.383 e. The predicted octanol–water partition coefficient (Wildman–Crippen LogP) is 10.2. The van der Waals surface area contributed by atoms with Gasteiger partial charge in [-0.2, -0.15) is 18.4 Å². The van der Waals surface area contributed by atoms with Gasteiger partial charge in [-0.15, -0.1) is 12.3 Å². The van der Waals surface area contributed by atoms with Gasteiger partial charge in [0.25, 0.3) is 0 Å². The van der Waals surface area contributed by atoms with Crippen molar-refractivity contribution >= 4 is 5.78 Å². The number of hydrogen-bond acceptors (Lipinski definition) is 5. The Morgan fingerprint density at radius 3 is 1.88 bits per heavy atom. The van der Waals surface area contributed by atoms with Crippen LogP contribution in [0.4, 0.5) is 13.2 Å². The summed E-state index contributed by atoms with van der Waals surface area (Å²) in [5, 5.41) is 13.5. The normalized spacial score (nSPS) is 11.4. The summed E-state index contributed by atoms with van der Waals surface area (Å²) in [5.41, 5.74) is 4.24. The maximum atomic E-state index is 12.2. The number of Topliss-reactive ketones (excluding diaryl/α,β-unsaturated/α-hetero) is 1. The summed E-state index contributed by atoms with van der Waals surface area (Å²) in [4.78, 5) is 14.1. The van der Waals surface area contributed by atoms with Gasteiger partial charge in [0.15, 0.2) is 5.78 Å². The van der Waals surface area contributed by atoms with Crippen LogP contribution in [0.15, 0.2) is 59.5 Å². The highest BCUT2D eigenvalue weighted by Gasteiger charge is 2.28. The van der Waals surface area contributed by atoms with Gasteiger partial charge in [-0.3, -0.25) is 4.79 Å². The van der Waals surface area contributed by atoms with E-state index in [0.717, 1.165) is 35.1 Å². The predicted molar refractivity (Wildman–Crippen MR) is 199 cm³/mol. The van der Waals surface area contributed by atoms with Gasteiger partial charge >= 0.3 is 6.18 Å². The summed E-state index contributed by atoms with van der Waals surface area (Å²) < 4.78 is 36.5. The molecule has 0 amide bonds. The van der Waals surface area contributed by atoms with Crippen molar-refractivity contribution in [2.24, 2.45) is 5.92 Å². The summed E-state index contributed by atoms with van der Waals surface area (Å²) >= 11 is 0. The van der Waals surface area contributed by atoms with E-state index in [-0.39, 0.29) is 5.70 Å². The first-order chi connectivity index (χ1) is 22.5. The van der Waals surface area contributed by atoms with Crippen LogP contribution in [0.1, 0.15) is 119 Å². The molecule has 0 saturated carbocycles. The van der Waals surface area contributed by atoms with Crippen molar-refractivity contribution in [3.05, 3.63) is 70.6 Å². The first-order valence-corrected chi connectivity index (χ1v) is 17.2. The van der Waals surface area contributed by atoms with Crippen LogP contribution in [0, 0.1) is 29.6 Å². The molecule has 0 bridgehead atoms. The van der Waals surface area contributed by atoms with Crippen molar-refractivity contribution < 1.29 is 18.0 Å². The number of ketones is 1. The Labute approximate surface area is 292 Å². The van der Waals surface area contributed by atoms with Crippen LogP contribution < -0.4 is 10.6 Å². The number of aryl methyl sites for hydroxylation is 1. The number of carbonyl (C=O) groups is 1. The Bertz CT molecular complexity index is 1150. The van der Waals surface area contributed by atoms with Gasteiger partial charge in [0.1, 0.15) is 6.54 Å². The van der Waals surface area contributed by atoms with E-state index in [2.05, 4.69) is 82.1 Å². The zero-order valence-electron chi connectivity index (χ0n) is 31.8. The number of nitrogens with zero attached hydrogens (tertiary/aromatic N) is 2. The lowest BCUT2D eigenvalue weighted by Crippen LogP contribution is -2.38. The average Bonchev–Trinajstić information content (AvgIpc) is 3.01. The van der Waals surface area contributed by atoms with Gasteiger partial charge in [-0.25, -0.2) is 0 Å². The molecule has 0 radical (unpaired) electrons. The summed E-state index contributed by atoms with van der Waals surface area (Å²) in [6, 6.07) is 10.6. The lowest BCUT2D eigenvalue weighted by molar-refractivity contribution is -0.124. The number of benzene rings is 1. The third-order valence-electron chi connectivity index (χ3n) is 7.00. The molecule has 0 spiro atoms. The number of hydrogen-bond donors (Lipinski definition) is 2. The number of terminal acetylenes is 1. The minimum atomic E-state index is -4.36. The molecule has 0 saturated heterocycles. The lowest BCUT2D eigenvalue weighted by Gasteiger charge is -2.32. The standard InChI is InChI=1S/C14H21F3N2O.C14H31N.C9H9N.C3H4/c1-9(2)10(3)6-7-18-11(4)13(12(5)20)19-8-14(15,16)17;1-6-9-14(10-7-2)15(11-8-3)12-13(4)5;1-2-8-3-5-9(7-10)6-4-8;1-3-2/h6,18-19H,1,7-8H2,2-5H3;13-14H,6-12H2,1-5H3;3-6H,2H2,1H3;1H,2H3/b10-6-,13-11-;;;. The van der Waals surface area contributed by atoms with Gasteiger partial charge in [0.05, 0.1) is 17.3 Å². The second-order valence-corrected chi connectivity index (χ2v) is 12.1. The van der Waals surface area contributed by atoms with E-state index in [1.807, 2.05) is 44.2 Å². The molecule has 0 atom stereocenters. The molecule has 48 heavy (non-hydrogen) atoms. The van der Waals surface area contributed by atoms with E-state index in [0.29, 0.717) is 12.2 Å². The largest absolute Gasteiger partial charge is 0.405 e. The van der Waals surface area contributed by atoms with Crippen LogP contribution in [-0.4, -0.2) is 49.1 Å². The molecular formula is C40H65F3N4O. The molecule has 8 heteroatoms. The zero-order valence-corrected chi connectivity index (χ0v) is 31.8. The quantitative estimate of drug-likeness (QED) is 0.0978. The van der Waals surface area contributed by atoms with Crippen LogP contribution in [0.5, 0.6) is 0 Å². The van der Waals surface area contributed by atoms with Crippen LogP contribution in [-0.2, 0) is 11.2 Å².